The Morgan fingerprint density at radius 2 is 1.86 bits per heavy atom. The Balaban J connectivity index is 1.31. The number of carbonyl (C=O) groups is 4. The number of hydrogen-bond donors (Lipinski definition) is 0. The first-order valence-corrected chi connectivity index (χ1v) is 12.1. The zero-order valence-corrected chi connectivity index (χ0v) is 20.3. The molecule has 2 aromatic rings. The van der Waals surface area contributed by atoms with E-state index in [1.807, 2.05) is 19.1 Å². The molecule has 0 aromatic heterocycles. The smallest absolute Gasteiger partial charge is 0.316 e. The minimum absolute atomic E-state index is 0.0212. The number of ether oxygens (including phenoxy) is 1. The molecule has 3 amide bonds. The van der Waals surface area contributed by atoms with Crippen molar-refractivity contribution in [3.8, 4) is 5.75 Å². The Bertz CT molecular complexity index is 1280. The summed E-state index contributed by atoms with van der Waals surface area (Å²) in [4.78, 5) is 54.1. The monoisotopic (exact) mass is 512 g/mol. The molecule has 2 heterocycles. The largest absolute Gasteiger partial charge is 0.426 e. The number of nitrogens with zero attached hydrogens (tertiary/aromatic N) is 2. The van der Waals surface area contributed by atoms with E-state index in [0.29, 0.717) is 27.8 Å². The van der Waals surface area contributed by atoms with Gasteiger partial charge in [-0.15, -0.1) is 0 Å². The van der Waals surface area contributed by atoms with Crippen molar-refractivity contribution < 1.29 is 23.9 Å². The van der Waals surface area contributed by atoms with Crippen LogP contribution in [0, 0.1) is 23.7 Å². The standard InChI is InChI=1S/C26H22Cl2N2O5/c1-14-4-2-7-19-23(14)25(33)30(24(19)32)17-5-3-6-18(12-17)35-26(34)15-10-22(31)29(13-15)21-11-16(27)8-9-20(21)28/h2-6,8-9,11-12,14-15,19,23H,7,10,13H2,1H3/t14-,15+,19+,23-/m1/s1. The van der Waals surface area contributed by atoms with E-state index in [9.17, 15) is 19.2 Å². The molecule has 35 heavy (non-hydrogen) atoms. The van der Waals surface area contributed by atoms with Crippen molar-refractivity contribution in [3.05, 3.63) is 64.7 Å². The fraction of sp³-hybridized carbons (Fsp3) is 0.308. The molecular weight excluding hydrogens is 491 g/mol. The van der Waals surface area contributed by atoms with Crippen molar-refractivity contribution in [2.75, 3.05) is 16.3 Å². The Hall–Kier alpha value is -3.16. The fourth-order valence-electron chi connectivity index (χ4n) is 5.08. The number of fused-ring (bicyclic) bond motifs is 1. The number of hydrogen-bond acceptors (Lipinski definition) is 5. The molecule has 3 aliphatic rings. The number of anilines is 2. The summed E-state index contributed by atoms with van der Waals surface area (Å²) in [5.74, 6) is -2.61. The molecule has 0 radical (unpaired) electrons. The molecule has 2 saturated heterocycles. The maximum absolute atomic E-state index is 13.1. The molecule has 0 unspecified atom stereocenters. The Morgan fingerprint density at radius 1 is 1.06 bits per heavy atom. The average Bonchev–Trinajstić information content (AvgIpc) is 3.33. The molecule has 0 spiro atoms. The lowest BCUT2D eigenvalue weighted by atomic mass is 9.78. The zero-order chi connectivity index (χ0) is 24.9. The first kappa shape index (κ1) is 23.6. The lowest BCUT2D eigenvalue weighted by Crippen LogP contribution is -2.31. The van der Waals surface area contributed by atoms with Crippen LogP contribution in [0.5, 0.6) is 5.75 Å². The van der Waals surface area contributed by atoms with Gasteiger partial charge in [-0.2, -0.15) is 0 Å². The number of esters is 1. The second-order valence-electron chi connectivity index (χ2n) is 9.09. The number of amides is 3. The highest BCUT2D eigenvalue weighted by molar-refractivity contribution is 6.36. The number of imide groups is 1. The number of rotatable bonds is 4. The van der Waals surface area contributed by atoms with Gasteiger partial charge >= 0.3 is 5.97 Å². The lowest BCUT2D eigenvalue weighted by molar-refractivity contribution is -0.139. The number of halogens is 2. The fourth-order valence-corrected chi connectivity index (χ4v) is 5.46. The van der Waals surface area contributed by atoms with Gasteiger partial charge in [0.05, 0.1) is 34.2 Å². The van der Waals surface area contributed by atoms with Gasteiger partial charge in [0.25, 0.3) is 0 Å². The summed E-state index contributed by atoms with van der Waals surface area (Å²) in [6, 6.07) is 11.1. The molecule has 4 atom stereocenters. The van der Waals surface area contributed by atoms with E-state index >= 15 is 0 Å². The van der Waals surface area contributed by atoms with Gasteiger partial charge in [0, 0.05) is 24.1 Å². The minimum Gasteiger partial charge on any atom is -0.426 e. The summed E-state index contributed by atoms with van der Waals surface area (Å²) in [6.07, 6.45) is 4.42. The van der Waals surface area contributed by atoms with Crippen LogP contribution in [0.25, 0.3) is 0 Å². The summed E-state index contributed by atoms with van der Waals surface area (Å²) >= 11 is 12.3. The van der Waals surface area contributed by atoms with E-state index in [2.05, 4.69) is 0 Å². The van der Waals surface area contributed by atoms with Gasteiger partial charge in [0.1, 0.15) is 5.75 Å². The molecule has 0 saturated carbocycles. The van der Waals surface area contributed by atoms with Crippen LogP contribution in [0.4, 0.5) is 11.4 Å². The Morgan fingerprint density at radius 3 is 2.63 bits per heavy atom. The SMILES string of the molecule is C[C@@H]1C=CC[C@@H]2C(=O)N(c3cccc(OC(=O)[C@H]4CC(=O)N(c5cc(Cl)ccc5Cl)C4)c3)C(=O)[C@H]12. The van der Waals surface area contributed by atoms with Gasteiger partial charge in [0.15, 0.2) is 0 Å². The van der Waals surface area contributed by atoms with E-state index in [-0.39, 0.29) is 54.2 Å². The highest BCUT2D eigenvalue weighted by atomic mass is 35.5. The lowest BCUT2D eigenvalue weighted by Gasteiger charge is -2.22. The molecular formula is C26H22Cl2N2O5. The van der Waals surface area contributed by atoms with E-state index in [0.717, 1.165) is 0 Å². The van der Waals surface area contributed by atoms with Crippen LogP contribution in [-0.2, 0) is 19.2 Å². The molecule has 1 aliphatic carbocycles. The maximum Gasteiger partial charge on any atom is 0.316 e. The Labute approximate surface area is 212 Å². The molecule has 9 heteroatoms. The maximum atomic E-state index is 13.1. The van der Waals surface area contributed by atoms with E-state index in [1.54, 1.807) is 36.4 Å². The van der Waals surface area contributed by atoms with Crippen molar-refractivity contribution in [1.82, 2.24) is 0 Å². The predicted molar refractivity (Wildman–Crippen MR) is 131 cm³/mol. The summed E-state index contributed by atoms with van der Waals surface area (Å²) in [5, 5.41) is 0.783. The second-order valence-corrected chi connectivity index (χ2v) is 9.93. The van der Waals surface area contributed by atoms with E-state index in [1.165, 1.54) is 15.9 Å². The van der Waals surface area contributed by atoms with Gasteiger partial charge < -0.3 is 9.64 Å². The topological polar surface area (TPSA) is 84.0 Å². The molecule has 180 valence electrons. The van der Waals surface area contributed by atoms with Crippen LogP contribution in [0.15, 0.2) is 54.6 Å². The van der Waals surface area contributed by atoms with Crippen molar-refractivity contribution in [2.45, 2.75) is 19.8 Å². The zero-order valence-electron chi connectivity index (χ0n) is 18.8. The molecule has 2 aromatic carbocycles. The van der Waals surface area contributed by atoms with Crippen molar-refractivity contribution in [3.63, 3.8) is 0 Å². The van der Waals surface area contributed by atoms with Gasteiger partial charge in [-0.1, -0.05) is 48.3 Å². The van der Waals surface area contributed by atoms with Crippen LogP contribution in [0.1, 0.15) is 19.8 Å². The average molecular weight is 513 g/mol. The molecule has 5 rings (SSSR count). The third kappa shape index (κ3) is 4.23. The summed E-state index contributed by atoms with van der Waals surface area (Å²) in [7, 11) is 0. The number of allylic oxidation sites excluding steroid dienone is 2. The Kier molecular flexibility index (Phi) is 6.15. The van der Waals surface area contributed by atoms with Crippen LogP contribution in [0.3, 0.4) is 0 Å². The number of carbonyl (C=O) groups excluding carboxylic acids is 4. The van der Waals surface area contributed by atoms with Crippen LogP contribution < -0.4 is 14.5 Å². The summed E-state index contributed by atoms with van der Waals surface area (Å²) in [6.45, 7) is 2.04. The van der Waals surface area contributed by atoms with Gasteiger partial charge in [-0.25, -0.2) is 4.90 Å². The van der Waals surface area contributed by atoms with Crippen molar-refractivity contribution in [2.24, 2.45) is 23.7 Å². The summed E-state index contributed by atoms with van der Waals surface area (Å²) in [5.41, 5.74) is 0.805. The first-order chi connectivity index (χ1) is 16.7. The predicted octanol–water partition coefficient (Wildman–Crippen LogP) is 4.65. The van der Waals surface area contributed by atoms with E-state index < -0.39 is 11.9 Å². The van der Waals surface area contributed by atoms with Crippen LogP contribution in [0.2, 0.25) is 10.0 Å². The van der Waals surface area contributed by atoms with Gasteiger partial charge in [-0.05, 0) is 42.7 Å². The molecule has 0 bridgehead atoms. The second kappa shape index (κ2) is 9.13. The number of benzene rings is 2. The molecule has 2 fully saturated rings. The molecule has 2 aliphatic heterocycles. The third-order valence-corrected chi connectivity index (χ3v) is 7.38. The van der Waals surface area contributed by atoms with Gasteiger partial charge in [-0.3, -0.25) is 19.2 Å². The van der Waals surface area contributed by atoms with Crippen LogP contribution >= 0.6 is 23.2 Å². The first-order valence-electron chi connectivity index (χ1n) is 11.4. The summed E-state index contributed by atoms with van der Waals surface area (Å²) < 4.78 is 5.56. The van der Waals surface area contributed by atoms with Gasteiger partial charge in [0.2, 0.25) is 17.7 Å². The highest BCUT2D eigenvalue weighted by Gasteiger charge is 2.50. The van der Waals surface area contributed by atoms with Crippen LogP contribution in [-0.4, -0.2) is 30.2 Å². The molecule has 7 nitrogen and oxygen atoms in total. The third-order valence-electron chi connectivity index (χ3n) is 6.82. The van der Waals surface area contributed by atoms with Crippen molar-refractivity contribution >= 4 is 58.3 Å². The highest BCUT2D eigenvalue weighted by Crippen LogP contribution is 2.41. The normalized spacial score (nSPS) is 25.9. The van der Waals surface area contributed by atoms with E-state index in [4.69, 9.17) is 27.9 Å². The van der Waals surface area contributed by atoms with Crippen molar-refractivity contribution in [1.29, 1.82) is 0 Å². The minimum atomic E-state index is -0.703. The quantitative estimate of drug-likeness (QED) is 0.257. The molecule has 0 N–H and O–H groups in total.